The third-order valence-electron chi connectivity index (χ3n) is 2.85. The monoisotopic (exact) mass is 276 g/mol. The molecule has 0 aliphatic rings. The number of rotatable bonds is 4. The number of aromatic nitrogens is 2. The quantitative estimate of drug-likeness (QED) is 0.780. The number of nitrogens with zero attached hydrogens (tertiary/aromatic N) is 2. The fourth-order valence-electron chi connectivity index (χ4n) is 1.99. The van der Waals surface area contributed by atoms with Crippen molar-refractivity contribution >= 4 is 11.6 Å². The van der Waals surface area contributed by atoms with Gasteiger partial charge in [-0.25, -0.2) is 9.97 Å². The molecule has 0 aliphatic heterocycles. The van der Waals surface area contributed by atoms with Gasteiger partial charge in [0.15, 0.2) is 0 Å². The molecule has 0 fully saturated rings. The van der Waals surface area contributed by atoms with E-state index in [1.54, 1.807) is 0 Å². The van der Waals surface area contributed by atoms with Gasteiger partial charge in [0.25, 0.3) is 0 Å². The topological polar surface area (TPSA) is 35.0 Å². The zero-order valence-corrected chi connectivity index (χ0v) is 12.1. The molecular weight excluding hydrogens is 260 g/mol. The van der Waals surface area contributed by atoms with E-state index in [1.807, 2.05) is 31.2 Å². The Balaban J connectivity index is 2.44. The normalized spacial score (nSPS) is 10.8. The van der Waals surface area contributed by atoms with Gasteiger partial charge in [0, 0.05) is 11.1 Å². The molecule has 1 aromatic carbocycles. The molecule has 0 amide bonds. The first-order valence-electron chi connectivity index (χ1n) is 6.37. The first-order valence-corrected chi connectivity index (χ1v) is 6.75. The lowest BCUT2D eigenvalue weighted by Gasteiger charge is -2.13. The second kappa shape index (κ2) is 6.02. The Labute approximate surface area is 118 Å². The molecule has 0 radical (unpaired) electrons. The Bertz CT molecular complexity index is 553. The van der Waals surface area contributed by atoms with Gasteiger partial charge in [-0.3, -0.25) is 0 Å². The van der Waals surface area contributed by atoms with Crippen LogP contribution in [-0.2, 0) is 0 Å². The highest BCUT2D eigenvalue weighted by molar-refractivity contribution is 6.30. The van der Waals surface area contributed by atoms with Crippen LogP contribution in [0.25, 0.3) is 11.3 Å². The Morgan fingerprint density at radius 3 is 2.42 bits per heavy atom. The van der Waals surface area contributed by atoms with E-state index in [4.69, 9.17) is 16.3 Å². The van der Waals surface area contributed by atoms with Crippen LogP contribution >= 0.6 is 11.6 Å². The number of hydrogen-bond donors (Lipinski definition) is 0. The van der Waals surface area contributed by atoms with Gasteiger partial charge in [-0.05, 0) is 37.1 Å². The molecule has 0 spiro atoms. The highest BCUT2D eigenvalue weighted by atomic mass is 35.5. The highest BCUT2D eigenvalue weighted by Crippen LogP contribution is 2.32. The Kier molecular flexibility index (Phi) is 4.38. The van der Waals surface area contributed by atoms with Gasteiger partial charge < -0.3 is 4.74 Å². The highest BCUT2D eigenvalue weighted by Gasteiger charge is 2.14. The van der Waals surface area contributed by atoms with Crippen molar-refractivity contribution in [2.24, 2.45) is 0 Å². The van der Waals surface area contributed by atoms with Crippen LogP contribution in [-0.4, -0.2) is 16.6 Å². The molecule has 0 saturated carbocycles. The summed E-state index contributed by atoms with van der Waals surface area (Å²) in [6, 6.07) is 7.88. The smallest absolute Gasteiger partial charge is 0.136 e. The van der Waals surface area contributed by atoms with Crippen molar-refractivity contribution in [1.29, 1.82) is 0 Å². The third-order valence-corrected chi connectivity index (χ3v) is 3.15. The van der Waals surface area contributed by atoms with E-state index in [-0.39, 0.29) is 5.92 Å². The minimum atomic E-state index is 0.273. The van der Waals surface area contributed by atoms with Gasteiger partial charge in [-0.1, -0.05) is 25.4 Å². The van der Waals surface area contributed by atoms with E-state index in [0.29, 0.717) is 11.8 Å². The van der Waals surface area contributed by atoms with Crippen molar-refractivity contribution in [3.63, 3.8) is 0 Å². The van der Waals surface area contributed by atoms with E-state index in [1.165, 1.54) is 6.33 Å². The molecule has 0 bridgehead atoms. The molecule has 3 nitrogen and oxygen atoms in total. The first-order chi connectivity index (χ1) is 9.13. The maximum atomic E-state index is 6.18. The average molecular weight is 277 g/mol. The molecule has 1 heterocycles. The molecule has 0 unspecified atom stereocenters. The number of hydrogen-bond acceptors (Lipinski definition) is 3. The SMILES string of the molecule is CCOc1ccc(-c2ncnc(Cl)c2C(C)C)cc1. The zero-order valence-electron chi connectivity index (χ0n) is 11.4. The van der Waals surface area contributed by atoms with E-state index in [9.17, 15) is 0 Å². The van der Waals surface area contributed by atoms with Crippen molar-refractivity contribution in [1.82, 2.24) is 9.97 Å². The summed E-state index contributed by atoms with van der Waals surface area (Å²) in [6.07, 6.45) is 1.50. The predicted octanol–water partition coefficient (Wildman–Crippen LogP) is 4.32. The van der Waals surface area contributed by atoms with Crippen LogP contribution in [0.4, 0.5) is 0 Å². The standard InChI is InChI=1S/C15H17ClN2O/c1-4-19-12-7-5-11(6-8-12)14-13(10(2)3)15(16)18-9-17-14/h5-10H,4H2,1-3H3. The van der Waals surface area contributed by atoms with Crippen LogP contribution in [0.1, 0.15) is 32.3 Å². The first kappa shape index (κ1) is 13.8. The molecule has 0 aliphatic carbocycles. The lowest BCUT2D eigenvalue weighted by atomic mass is 9.99. The zero-order chi connectivity index (χ0) is 13.8. The molecule has 2 rings (SSSR count). The van der Waals surface area contributed by atoms with Crippen molar-refractivity contribution in [2.75, 3.05) is 6.61 Å². The summed E-state index contributed by atoms with van der Waals surface area (Å²) in [7, 11) is 0. The van der Waals surface area contributed by atoms with Crippen LogP contribution in [0.15, 0.2) is 30.6 Å². The van der Waals surface area contributed by atoms with E-state index < -0.39 is 0 Å². The maximum Gasteiger partial charge on any atom is 0.136 e. The average Bonchev–Trinajstić information content (AvgIpc) is 2.39. The lowest BCUT2D eigenvalue weighted by molar-refractivity contribution is 0.340. The van der Waals surface area contributed by atoms with E-state index in [2.05, 4.69) is 23.8 Å². The molecule has 100 valence electrons. The number of ether oxygens (including phenoxy) is 1. The van der Waals surface area contributed by atoms with Crippen molar-refractivity contribution in [3.05, 3.63) is 41.3 Å². The summed E-state index contributed by atoms with van der Waals surface area (Å²) < 4.78 is 5.44. The molecule has 1 aromatic heterocycles. The summed E-state index contributed by atoms with van der Waals surface area (Å²) in [6.45, 7) is 6.80. The molecule has 4 heteroatoms. The van der Waals surface area contributed by atoms with Crippen LogP contribution < -0.4 is 4.74 Å². The summed E-state index contributed by atoms with van der Waals surface area (Å²) in [5.41, 5.74) is 2.89. The minimum absolute atomic E-state index is 0.273. The van der Waals surface area contributed by atoms with Gasteiger partial charge in [0.1, 0.15) is 17.2 Å². The Morgan fingerprint density at radius 2 is 1.84 bits per heavy atom. The fraction of sp³-hybridized carbons (Fsp3) is 0.333. The molecule has 0 saturated heterocycles. The third kappa shape index (κ3) is 3.04. The summed E-state index contributed by atoms with van der Waals surface area (Å²) >= 11 is 6.18. The van der Waals surface area contributed by atoms with Crippen LogP contribution in [0.2, 0.25) is 5.15 Å². The summed E-state index contributed by atoms with van der Waals surface area (Å²) in [4.78, 5) is 8.43. The summed E-state index contributed by atoms with van der Waals surface area (Å²) in [5.74, 6) is 1.13. The summed E-state index contributed by atoms with van der Waals surface area (Å²) in [5, 5.41) is 0.522. The van der Waals surface area contributed by atoms with Gasteiger partial charge in [0.2, 0.25) is 0 Å². The number of benzene rings is 1. The van der Waals surface area contributed by atoms with Gasteiger partial charge in [-0.15, -0.1) is 0 Å². The molecule has 19 heavy (non-hydrogen) atoms. The van der Waals surface area contributed by atoms with Crippen molar-refractivity contribution in [2.45, 2.75) is 26.7 Å². The largest absolute Gasteiger partial charge is 0.494 e. The maximum absolute atomic E-state index is 6.18. The Morgan fingerprint density at radius 1 is 1.16 bits per heavy atom. The Hall–Kier alpha value is -1.61. The fourth-order valence-corrected chi connectivity index (χ4v) is 2.34. The predicted molar refractivity (Wildman–Crippen MR) is 77.7 cm³/mol. The van der Waals surface area contributed by atoms with Crippen LogP contribution in [0, 0.1) is 0 Å². The van der Waals surface area contributed by atoms with E-state index in [0.717, 1.165) is 22.6 Å². The molecular formula is C15H17ClN2O. The molecule has 0 N–H and O–H groups in total. The van der Waals surface area contributed by atoms with E-state index >= 15 is 0 Å². The molecule has 0 atom stereocenters. The van der Waals surface area contributed by atoms with Crippen LogP contribution in [0.3, 0.4) is 0 Å². The van der Waals surface area contributed by atoms with Crippen molar-refractivity contribution in [3.8, 4) is 17.0 Å². The van der Waals surface area contributed by atoms with Gasteiger partial charge in [0.05, 0.1) is 12.3 Å². The second-order valence-electron chi connectivity index (χ2n) is 4.54. The van der Waals surface area contributed by atoms with Gasteiger partial charge >= 0.3 is 0 Å². The van der Waals surface area contributed by atoms with Crippen LogP contribution in [0.5, 0.6) is 5.75 Å². The lowest BCUT2D eigenvalue weighted by Crippen LogP contribution is -1.99. The van der Waals surface area contributed by atoms with Crippen molar-refractivity contribution < 1.29 is 4.74 Å². The molecule has 2 aromatic rings. The second-order valence-corrected chi connectivity index (χ2v) is 4.90. The minimum Gasteiger partial charge on any atom is -0.494 e. The number of halogens is 1. The van der Waals surface area contributed by atoms with Gasteiger partial charge in [-0.2, -0.15) is 0 Å².